The Bertz CT molecular complexity index is 392. The molecule has 0 N–H and O–H groups in total. The third kappa shape index (κ3) is 1.13. The normalized spacial score (nSPS) is 46.8. The first-order chi connectivity index (χ1) is 8.00. The number of ether oxygens (including phenoxy) is 3. The molecular weight excluding hydrogens is 224 g/mol. The molecule has 0 radical (unpaired) electrons. The quantitative estimate of drug-likeness (QED) is 0.663. The van der Waals surface area contributed by atoms with E-state index in [4.69, 9.17) is 14.2 Å². The fourth-order valence-electron chi connectivity index (χ4n) is 3.56. The molecule has 3 aliphatic heterocycles. The molecule has 0 aliphatic carbocycles. The number of esters is 2. The topological polar surface area (TPSA) is 61.8 Å². The van der Waals surface area contributed by atoms with Crippen molar-refractivity contribution in [2.24, 2.45) is 10.8 Å². The summed E-state index contributed by atoms with van der Waals surface area (Å²) in [4.78, 5) is 23.0. The van der Waals surface area contributed by atoms with E-state index >= 15 is 0 Å². The Kier molecular flexibility index (Phi) is 2.09. The van der Waals surface area contributed by atoms with Gasteiger partial charge in [-0.15, -0.1) is 0 Å². The van der Waals surface area contributed by atoms with Crippen LogP contribution in [0.15, 0.2) is 0 Å². The van der Waals surface area contributed by atoms with Gasteiger partial charge in [0.1, 0.15) is 18.6 Å². The standard InChI is InChI=1S/C12H16O5/c1-7(13)15-5-12-6-16-10(14)11(12,2)8-3-4-9(12)17-8/h8-9H,3-6H2,1-2H3/t8-,9-,11-,12+/m1/s1. The maximum atomic E-state index is 12.0. The van der Waals surface area contributed by atoms with Crippen LogP contribution in [-0.2, 0) is 23.8 Å². The van der Waals surface area contributed by atoms with Crippen molar-refractivity contribution in [3.8, 4) is 0 Å². The van der Waals surface area contributed by atoms with Crippen LogP contribution in [0.2, 0.25) is 0 Å². The van der Waals surface area contributed by atoms with E-state index in [9.17, 15) is 9.59 Å². The average molecular weight is 240 g/mol. The van der Waals surface area contributed by atoms with Crippen molar-refractivity contribution in [3.63, 3.8) is 0 Å². The third-order valence-electron chi connectivity index (χ3n) is 4.73. The van der Waals surface area contributed by atoms with E-state index in [0.29, 0.717) is 6.61 Å². The second-order valence-electron chi connectivity index (χ2n) is 5.41. The molecule has 0 unspecified atom stereocenters. The second kappa shape index (κ2) is 3.22. The molecule has 3 heterocycles. The summed E-state index contributed by atoms with van der Waals surface area (Å²) < 4.78 is 16.2. The molecule has 0 amide bonds. The molecule has 0 saturated carbocycles. The highest BCUT2D eigenvalue weighted by Crippen LogP contribution is 2.63. The van der Waals surface area contributed by atoms with Gasteiger partial charge in [-0.05, 0) is 19.8 Å². The van der Waals surface area contributed by atoms with Crippen molar-refractivity contribution in [2.75, 3.05) is 13.2 Å². The zero-order chi connectivity index (χ0) is 12.3. The van der Waals surface area contributed by atoms with Gasteiger partial charge in [0.2, 0.25) is 0 Å². The predicted molar refractivity (Wildman–Crippen MR) is 56.0 cm³/mol. The van der Waals surface area contributed by atoms with Crippen LogP contribution in [0.1, 0.15) is 26.7 Å². The Morgan fingerprint density at radius 1 is 1.47 bits per heavy atom. The lowest BCUT2D eigenvalue weighted by atomic mass is 9.59. The summed E-state index contributed by atoms with van der Waals surface area (Å²) in [6.07, 6.45) is 1.69. The monoisotopic (exact) mass is 240 g/mol. The van der Waals surface area contributed by atoms with Gasteiger partial charge in [-0.3, -0.25) is 9.59 Å². The molecule has 3 aliphatic rings. The molecule has 0 spiro atoms. The van der Waals surface area contributed by atoms with Crippen molar-refractivity contribution >= 4 is 11.9 Å². The molecule has 5 heteroatoms. The summed E-state index contributed by atoms with van der Waals surface area (Å²) >= 11 is 0. The van der Waals surface area contributed by atoms with E-state index < -0.39 is 10.8 Å². The minimum Gasteiger partial charge on any atom is -0.465 e. The zero-order valence-corrected chi connectivity index (χ0v) is 10.0. The van der Waals surface area contributed by atoms with Gasteiger partial charge < -0.3 is 14.2 Å². The minimum atomic E-state index is -0.647. The van der Waals surface area contributed by atoms with Crippen LogP contribution in [0.3, 0.4) is 0 Å². The van der Waals surface area contributed by atoms with Crippen molar-refractivity contribution in [1.82, 2.24) is 0 Å². The predicted octanol–water partition coefficient (Wildman–Crippen LogP) is 0.660. The summed E-state index contributed by atoms with van der Waals surface area (Å²) in [6.45, 7) is 3.78. The lowest BCUT2D eigenvalue weighted by Gasteiger charge is -2.38. The number of fused-ring (bicyclic) bond motifs is 5. The van der Waals surface area contributed by atoms with Gasteiger partial charge in [0.25, 0.3) is 0 Å². The Labute approximate surface area is 99.4 Å². The number of rotatable bonds is 2. The lowest BCUT2D eigenvalue weighted by Crippen LogP contribution is -2.52. The second-order valence-corrected chi connectivity index (χ2v) is 5.41. The molecule has 4 atom stereocenters. The van der Waals surface area contributed by atoms with Crippen LogP contribution in [-0.4, -0.2) is 37.4 Å². The number of carbonyl (C=O) groups is 2. The highest BCUT2D eigenvalue weighted by atomic mass is 16.6. The third-order valence-corrected chi connectivity index (χ3v) is 4.73. The van der Waals surface area contributed by atoms with Crippen molar-refractivity contribution in [2.45, 2.75) is 38.9 Å². The smallest absolute Gasteiger partial charge is 0.315 e. The van der Waals surface area contributed by atoms with Gasteiger partial charge in [-0.2, -0.15) is 0 Å². The van der Waals surface area contributed by atoms with Gasteiger partial charge in [0.05, 0.1) is 17.6 Å². The summed E-state index contributed by atoms with van der Waals surface area (Å²) in [7, 11) is 0. The van der Waals surface area contributed by atoms with Crippen molar-refractivity contribution in [1.29, 1.82) is 0 Å². The van der Waals surface area contributed by atoms with Gasteiger partial charge >= 0.3 is 11.9 Å². The maximum Gasteiger partial charge on any atom is 0.315 e. The van der Waals surface area contributed by atoms with Crippen LogP contribution in [0, 0.1) is 10.8 Å². The Balaban J connectivity index is 1.95. The largest absolute Gasteiger partial charge is 0.465 e. The summed E-state index contributed by atoms with van der Waals surface area (Å²) in [6, 6.07) is 0. The van der Waals surface area contributed by atoms with Gasteiger partial charge in [-0.1, -0.05) is 0 Å². The highest BCUT2D eigenvalue weighted by molar-refractivity contribution is 5.82. The van der Waals surface area contributed by atoms with E-state index in [0.717, 1.165) is 12.8 Å². The minimum absolute atomic E-state index is 0.0247. The number of hydrogen-bond donors (Lipinski definition) is 0. The molecule has 0 aromatic carbocycles. The number of carbonyl (C=O) groups excluding carboxylic acids is 2. The molecule has 3 saturated heterocycles. The van der Waals surface area contributed by atoms with Crippen molar-refractivity contribution in [3.05, 3.63) is 0 Å². The fourth-order valence-corrected chi connectivity index (χ4v) is 3.56. The van der Waals surface area contributed by atoms with E-state index in [1.54, 1.807) is 0 Å². The molecule has 3 fully saturated rings. The Hall–Kier alpha value is -1.10. The zero-order valence-electron chi connectivity index (χ0n) is 10.0. The van der Waals surface area contributed by atoms with Crippen LogP contribution in [0.25, 0.3) is 0 Å². The molecule has 5 nitrogen and oxygen atoms in total. The first-order valence-corrected chi connectivity index (χ1v) is 5.97. The first kappa shape index (κ1) is 11.0. The van der Waals surface area contributed by atoms with E-state index in [2.05, 4.69) is 0 Å². The summed E-state index contributed by atoms with van der Waals surface area (Å²) in [5.41, 5.74) is -1.12. The molecule has 0 aromatic heterocycles. The van der Waals surface area contributed by atoms with Gasteiger partial charge in [-0.25, -0.2) is 0 Å². The average Bonchev–Trinajstić information content (AvgIpc) is 2.90. The summed E-state index contributed by atoms with van der Waals surface area (Å²) in [5.74, 6) is -0.541. The number of cyclic esters (lactones) is 1. The molecular formula is C12H16O5. The SMILES string of the molecule is CC(=O)OC[C@@]12COC(=O)[C@@]1(C)[C@H]1CC[C@H]2O1. The van der Waals surface area contributed by atoms with Crippen LogP contribution in [0.5, 0.6) is 0 Å². The van der Waals surface area contributed by atoms with Gasteiger partial charge in [0.15, 0.2) is 0 Å². The van der Waals surface area contributed by atoms with E-state index in [1.165, 1.54) is 6.92 Å². The van der Waals surface area contributed by atoms with Crippen LogP contribution in [0.4, 0.5) is 0 Å². The Morgan fingerprint density at radius 2 is 2.18 bits per heavy atom. The number of hydrogen-bond acceptors (Lipinski definition) is 5. The van der Waals surface area contributed by atoms with Gasteiger partial charge in [0, 0.05) is 6.92 Å². The van der Waals surface area contributed by atoms with Crippen LogP contribution >= 0.6 is 0 Å². The van der Waals surface area contributed by atoms with Crippen LogP contribution < -0.4 is 0 Å². The molecule has 2 bridgehead atoms. The Morgan fingerprint density at radius 3 is 2.88 bits per heavy atom. The van der Waals surface area contributed by atoms with E-state index in [1.807, 2.05) is 6.92 Å². The molecule has 0 aromatic rings. The maximum absolute atomic E-state index is 12.0. The summed E-state index contributed by atoms with van der Waals surface area (Å²) in [5, 5.41) is 0. The molecule has 3 rings (SSSR count). The lowest BCUT2D eigenvalue weighted by molar-refractivity contribution is -0.152. The first-order valence-electron chi connectivity index (χ1n) is 5.97. The fraction of sp³-hybridized carbons (Fsp3) is 0.833. The van der Waals surface area contributed by atoms with E-state index in [-0.39, 0.29) is 30.8 Å². The highest BCUT2D eigenvalue weighted by Gasteiger charge is 2.75. The molecule has 17 heavy (non-hydrogen) atoms. The van der Waals surface area contributed by atoms with Crippen molar-refractivity contribution < 1.29 is 23.8 Å². The molecule has 94 valence electrons.